The zero-order chi connectivity index (χ0) is 44.1. The molecule has 8 rings (SSSR count). The van der Waals surface area contributed by atoms with E-state index in [2.05, 4.69) is 49.1 Å². The standard InChI is InChI=1S/C46H71N3O12/c1-41(21-51)11-13-46(40(58)59)14-12-43(3)27(29(46)18-41)6-7-33-44(43,4)10-8-32-42(2,22-52)37(61-39-36(56)35(55)31(53)20-60-39)34(54)28(45(32,33)5)17-26-25(9-15-50)38(57)49-30(26)16-24-19-47-23-48-24/h6,19,23,25-26,28-37,39,50-56H,7-18,20-22H2,1-5H3,(H,47,48)(H,49,57)(H,58,59). The summed E-state index contributed by atoms with van der Waals surface area (Å²) in [5.41, 5.74) is -1.85. The van der Waals surface area contributed by atoms with Crippen molar-refractivity contribution in [1.29, 1.82) is 0 Å². The van der Waals surface area contributed by atoms with E-state index < -0.39 is 81.7 Å². The van der Waals surface area contributed by atoms with E-state index in [9.17, 15) is 50.4 Å². The van der Waals surface area contributed by atoms with Crippen molar-refractivity contribution in [3.8, 4) is 0 Å². The van der Waals surface area contributed by atoms with Crippen LogP contribution in [0.15, 0.2) is 24.2 Å². The zero-order valence-corrected chi connectivity index (χ0v) is 36.5. The SMILES string of the molecule is CC1(CO)CCC2(C(=O)O)CCC3(C)C(=CCC4C5(C)C(CC6C(Cc7cnc[nH]7)NC(=O)C6CCO)C(O)C(OC6OCC(O)C(O)C6O)C(C)(CO)C5CCC43C)C2C1. The van der Waals surface area contributed by atoms with Crippen molar-refractivity contribution in [2.75, 3.05) is 26.4 Å². The summed E-state index contributed by atoms with van der Waals surface area (Å²) < 4.78 is 12.4. The predicted molar refractivity (Wildman–Crippen MR) is 220 cm³/mol. The minimum Gasteiger partial charge on any atom is -0.481 e. The average molecular weight is 858 g/mol. The van der Waals surface area contributed by atoms with E-state index in [0.29, 0.717) is 57.8 Å². The summed E-state index contributed by atoms with van der Waals surface area (Å²) in [6.45, 7) is 10.0. The van der Waals surface area contributed by atoms with Crippen LogP contribution in [0.2, 0.25) is 0 Å². The molecule has 0 aromatic carbocycles. The van der Waals surface area contributed by atoms with E-state index in [0.717, 1.165) is 12.1 Å². The maximum Gasteiger partial charge on any atom is 0.310 e. The number of carbonyl (C=O) groups excluding carboxylic acids is 1. The number of hydrogen-bond donors (Lipinski definition) is 10. The Morgan fingerprint density at radius 1 is 0.951 bits per heavy atom. The summed E-state index contributed by atoms with van der Waals surface area (Å²) >= 11 is 0. The Labute approximate surface area is 358 Å². The lowest BCUT2D eigenvalue weighted by molar-refractivity contribution is -0.340. The summed E-state index contributed by atoms with van der Waals surface area (Å²) in [5, 5.41) is 91.8. The Bertz CT molecular complexity index is 1830. The third kappa shape index (κ3) is 6.63. The first kappa shape index (κ1) is 45.1. The Kier molecular flexibility index (Phi) is 11.8. The van der Waals surface area contributed by atoms with Gasteiger partial charge in [-0.1, -0.05) is 46.3 Å². The summed E-state index contributed by atoms with van der Waals surface area (Å²) in [6, 6.07) is -0.343. The molecule has 0 radical (unpaired) electrons. The van der Waals surface area contributed by atoms with Crippen molar-refractivity contribution in [2.24, 2.45) is 68.0 Å². The molecule has 15 heteroatoms. The molecule has 1 amide bonds. The summed E-state index contributed by atoms with van der Waals surface area (Å²) in [4.78, 5) is 34.5. The fraction of sp³-hybridized carbons (Fsp3) is 0.848. The van der Waals surface area contributed by atoms with Gasteiger partial charge in [0.1, 0.15) is 18.3 Å². The molecular formula is C46H71N3O12. The fourth-order valence-electron chi connectivity index (χ4n) is 15.4. The lowest BCUT2D eigenvalue weighted by Crippen LogP contribution is -2.72. The second-order valence-corrected chi connectivity index (χ2v) is 21.8. The Morgan fingerprint density at radius 2 is 1.69 bits per heavy atom. The second kappa shape index (κ2) is 15.9. The number of carboxylic acids is 1. The van der Waals surface area contributed by atoms with E-state index in [1.807, 2.05) is 6.92 Å². The lowest BCUT2D eigenvalue weighted by Gasteiger charge is -2.73. The van der Waals surface area contributed by atoms with Gasteiger partial charge in [-0.15, -0.1) is 0 Å². The maximum absolute atomic E-state index is 13.8. The summed E-state index contributed by atoms with van der Waals surface area (Å²) in [6.07, 6.45) is 3.42. The number of amides is 1. The molecule has 19 atom stereocenters. The number of carboxylic acid groups (broad SMARTS) is 1. The first-order chi connectivity index (χ1) is 28.8. The highest BCUT2D eigenvalue weighted by Gasteiger charge is 2.73. The van der Waals surface area contributed by atoms with Crippen LogP contribution in [0.25, 0.3) is 0 Å². The number of aliphatic hydroxyl groups excluding tert-OH is 7. The van der Waals surface area contributed by atoms with Crippen LogP contribution in [0.5, 0.6) is 0 Å². The van der Waals surface area contributed by atoms with Crippen molar-refractivity contribution < 1.29 is 59.9 Å². The lowest BCUT2D eigenvalue weighted by atomic mass is 9.31. The topological polar surface area (TPSA) is 255 Å². The van der Waals surface area contributed by atoms with E-state index >= 15 is 0 Å². The number of ether oxygens (including phenoxy) is 2. The molecule has 3 heterocycles. The minimum atomic E-state index is -1.62. The van der Waals surface area contributed by atoms with Crippen molar-refractivity contribution >= 4 is 11.9 Å². The maximum atomic E-state index is 13.8. The molecule has 1 aromatic heterocycles. The number of carbonyl (C=O) groups is 2. The molecule has 19 unspecified atom stereocenters. The molecule has 61 heavy (non-hydrogen) atoms. The first-order valence-electron chi connectivity index (χ1n) is 22.8. The van der Waals surface area contributed by atoms with Gasteiger partial charge in [-0.25, -0.2) is 4.98 Å². The largest absolute Gasteiger partial charge is 0.481 e. The highest BCUT2D eigenvalue weighted by Crippen LogP contribution is 2.77. The van der Waals surface area contributed by atoms with Crippen LogP contribution in [0, 0.1) is 68.0 Å². The molecular weight excluding hydrogens is 787 g/mol. The summed E-state index contributed by atoms with van der Waals surface area (Å²) in [7, 11) is 0. The van der Waals surface area contributed by atoms with Gasteiger partial charge in [0, 0.05) is 48.9 Å². The van der Waals surface area contributed by atoms with Crippen LogP contribution in [0.1, 0.15) is 105 Å². The average Bonchev–Trinajstić information content (AvgIpc) is 3.85. The second-order valence-electron chi connectivity index (χ2n) is 21.8. The molecule has 15 nitrogen and oxygen atoms in total. The molecule has 0 spiro atoms. The number of aromatic nitrogens is 2. The molecule has 5 aliphatic carbocycles. The Balaban J connectivity index is 1.25. The van der Waals surface area contributed by atoms with Crippen LogP contribution in [0.4, 0.5) is 0 Å². The third-order valence-corrected chi connectivity index (χ3v) is 19.2. The number of nitrogens with one attached hydrogen (secondary N) is 2. The van der Waals surface area contributed by atoms with E-state index in [1.54, 1.807) is 12.5 Å². The number of aliphatic carboxylic acids is 1. The molecule has 7 aliphatic rings. The van der Waals surface area contributed by atoms with Crippen LogP contribution >= 0.6 is 0 Å². The van der Waals surface area contributed by atoms with Gasteiger partial charge in [0.2, 0.25) is 5.91 Å². The summed E-state index contributed by atoms with van der Waals surface area (Å²) in [5.74, 6) is -2.89. The number of aromatic amines is 1. The molecule has 2 saturated heterocycles. The van der Waals surface area contributed by atoms with Crippen molar-refractivity contribution in [3.63, 3.8) is 0 Å². The molecule has 10 N–H and O–H groups in total. The number of imidazole rings is 1. The van der Waals surface area contributed by atoms with Crippen LogP contribution in [0.3, 0.4) is 0 Å². The van der Waals surface area contributed by atoms with Gasteiger partial charge in [0.05, 0.1) is 37.2 Å². The van der Waals surface area contributed by atoms with Crippen LogP contribution in [-0.4, -0.2) is 132 Å². The number of H-pyrrole nitrogens is 1. The molecule has 1 aromatic rings. The van der Waals surface area contributed by atoms with Crippen molar-refractivity contribution in [2.45, 2.75) is 148 Å². The number of fused-ring (bicyclic) bond motifs is 7. The van der Waals surface area contributed by atoms with Crippen LogP contribution in [-0.2, 0) is 25.5 Å². The van der Waals surface area contributed by atoms with Gasteiger partial charge in [-0.05, 0) is 115 Å². The smallest absolute Gasteiger partial charge is 0.310 e. The third-order valence-electron chi connectivity index (χ3n) is 19.2. The van der Waals surface area contributed by atoms with Crippen molar-refractivity contribution in [1.82, 2.24) is 15.3 Å². The van der Waals surface area contributed by atoms with Crippen molar-refractivity contribution in [3.05, 3.63) is 29.9 Å². The fourth-order valence-corrected chi connectivity index (χ4v) is 15.4. The van der Waals surface area contributed by atoms with E-state index in [-0.39, 0.29) is 73.9 Å². The molecule has 0 bridgehead atoms. The number of hydrogen-bond acceptors (Lipinski definition) is 12. The molecule has 6 fully saturated rings. The first-order valence-corrected chi connectivity index (χ1v) is 22.8. The number of nitrogens with zero attached hydrogens (tertiary/aromatic N) is 1. The van der Waals surface area contributed by atoms with Gasteiger partial charge in [-0.3, -0.25) is 9.59 Å². The van der Waals surface area contributed by atoms with Gasteiger partial charge in [0.25, 0.3) is 0 Å². The molecule has 342 valence electrons. The minimum absolute atomic E-state index is 0.00891. The number of rotatable bonds is 11. The quantitative estimate of drug-likeness (QED) is 0.113. The molecule has 2 aliphatic heterocycles. The van der Waals surface area contributed by atoms with Gasteiger partial charge >= 0.3 is 5.97 Å². The zero-order valence-electron chi connectivity index (χ0n) is 36.5. The normalized spacial score (nSPS) is 50.7. The van der Waals surface area contributed by atoms with Gasteiger partial charge in [-0.2, -0.15) is 0 Å². The Hall–Kier alpha value is -2.47. The highest BCUT2D eigenvalue weighted by molar-refractivity contribution is 5.82. The Morgan fingerprint density at radius 3 is 2.34 bits per heavy atom. The van der Waals surface area contributed by atoms with E-state index in [4.69, 9.17) is 9.47 Å². The van der Waals surface area contributed by atoms with Gasteiger partial charge < -0.3 is 60.6 Å². The van der Waals surface area contributed by atoms with Crippen LogP contribution < -0.4 is 5.32 Å². The number of allylic oxidation sites excluding steroid dienone is 2. The monoisotopic (exact) mass is 858 g/mol. The predicted octanol–water partition coefficient (Wildman–Crippen LogP) is 2.31. The highest BCUT2D eigenvalue weighted by atomic mass is 16.7. The van der Waals surface area contributed by atoms with Gasteiger partial charge in [0.15, 0.2) is 6.29 Å². The number of aliphatic hydroxyl groups is 7. The molecule has 4 saturated carbocycles. The van der Waals surface area contributed by atoms with E-state index in [1.165, 1.54) is 5.57 Å².